The minimum absolute atomic E-state index is 0.00852. The smallest absolute Gasteiger partial charge is 0.130 e. The van der Waals surface area contributed by atoms with E-state index >= 15 is 0 Å². The van der Waals surface area contributed by atoms with E-state index in [9.17, 15) is 8.78 Å². The van der Waals surface area contributed by atoms with E-state index in [0.717, 1.165) is 32.2 Å². The average Bonchev–Trinajstić information content (AvgIpc) is 2.38. The van der Waals surface area contributed by atoms with Gasteiger partial charge in [-0.1, -0.05) is 6.07 Å². The molecule has 1 saturated heterocycles. The lowest BCUT2D eigenvalue weighted by Gasteiger charge is -2.35. The highest BCUT2D eigenvalue weighted by molar-refractivity contribution is 5.22. The van der Waals surface area contributed by atoms with Crippen molar-refractivity contribution >= 4 is 0 Å². The summed E-state index contributed by atoms with van der Waals surface area (Å²) in [6.45, 7) is 3.31. The molecule has 5 heteroatoms. The van der Waals surface area contributed by atoms with E-state index < -0.39 is 11.6 Å². The highest BCUT2D eigenvalue weighted by Gasteiger charge is 2.24. The number of aliphatic hydroxyl groups excluding tert-OH is 1. The Kier molecular flexibility index (Phi) is 4.63. The monoisotopic (exact) mass is 256 g/mol. The zero-order chi connectivity index (χ0) is 13.0. The molecular weight excluding hydrogens is 238 g/mol. The molecule has 1 aliphatic rings. The molecule has 0 radical (unpaired) electrons. The Bertz CT molecular complexity index is 395. The molecule has 2 rings (SSSR count). The van der Waals surface area contributed by atoms with Crippen LogP contribution in [0.5, 0.6) is 0 Å². The number of nitrogens with one attached hydrogen (secondary N) is 1. The Balaban J connectivity index is 2.22. The summed E-state index contributed by atoms with van der Waals surface area (Å²) >= 11 is 0. The van der Waals surface area contributed by atoms with Crippen LogP contribution in [-0.4, -0.2) is 42.8 Å². The Morgan fingerprint density at radius 3 is 2.61 bits per heavy atom. The molecule has 1 atom stereocenters. The molecule has 1 fully saturated rings. The van der Waals surface area contributed by atoms with Crippen molar-refractivity contribution in [1.29, 1.82) is 0 Å². The summed E-state index contributed by atoms with van der Waals surface area (Å²) in [4.78, 5) is 2.13. The van der Waals surface area contributed by atoms with Gasteiger partial charge in [-0.3, -0.25) is 4.90 Å². The molecule has 1 aromatic carbocycles. The van der Waals surface area contributed by atoms with Gasteiger partial charge in [0.25, 0.3) is 0 Å². The maximum absolute atomic E-state index is 13.8. The van der Waals surface area contributed by atoms with Gasteiger partial charge in [0.1, 0.15) is 11.6 Å². The van der Waals surface area contributed by atoms with Crippen LogP contribution in [-0.2, 0) is 0 Å². The van der Waals surface area contributed by atoms with Crippen molar-refractivity contribution < 1.29 is 13.9 Å². The molecule has 0 aliphatic carbocycles. The summed E-state index contributed by atoms with van der Waals surface area (Å²) in [6, 6.07) is 3.47. The first-order chi connectivity index (χ1) is 8.72. The zero-order valence-corrected chi connectivity index (χ0v) is 10.2. The number of halogens is 2. The summed E-state index contributed by atoms with van der Waals surface area (Å²) in [5, 5.41) is 12.4. The Hall–Kier alpha value is -1.04. The van der Waals surface area contributed by atoms with Gasteiger partial charge in [-0.2, -0.15) is 0 Å². The van der Waals surface area contributed by atoms with Crippen molar-refractivity contribution in [3.8, 4) is 0 Å². The molecule has 1 aromatic rings. The third kappa shape index (κ3) is 3.04. The lowest BCUT2D eigenvalue weighted by Crippen LogP contribution is -2.45. The third-order valence-corrected chi connectivity index (χ3v) is 3.32. The summed E-state index contributed by atoms with van der Waals surface area (Å²) in [7, 11) is 0. The molecule has 18 heavy (non-hydrogen) atoms. The highest BCUT2D eigenvalue weighted by atomic mass is 19.1. The average molecular weight is 256 g/mol. The van der Waals surface area contributed by atoms with Crippen molar-refractivity contribution in [3.63, 3.8) is 0 Å². The molecule has 2 N–H and O–H groups in total. The number of nitrogens with zero attached hydrogens (tertiary/aromatic N) is 1. The molecule has 1 aliphatic heterocycles. The lowest BCUT2D eigenvalue weighted by atomic mass is 10.0. The third-order valence-electron chi connectivity index (χ3n) is 3.32. The SMILES string of the molecule is OCC[C@@H](c1ccc(F)cc1F)N1CCNCC1. The molecule has 100 valence electrons. The minimum Gasteiger partial charge on any atom is -0.396 e. The van der Waals surface area contributed by atoms with Gasteiger partial charge in [0, 0.05) is 50.5 Å². The van der Waals surface area contributed by atoms with Gasteiger partial charge in [0.05, 0.1) is 0 Å². The number of hydrogen-bond donors (Lipinski definition) is 2. The minimum atomic E-state index is -0.570. The van der Waals surface area contributed by atoms with E-state index in [-0.39, 0.29) is 12.6 Å². The number of rotatable bonds is 4. The summed E-state index contributed by atoms with van der Waals surface area (Å²) in [6.07, 6.45) is 0.461. The number of hydrogen-bond acceptors (Lipinski definition) is 3. The van der Waals surface area contributed by atoms with Crippen LogP contribution in [0.4, 0.5) is 8.78 Å². The van der Waals surface area contributed by atoms with Crippen LogP contribution >= 0.6 is 0 Å². The predicted molar refractivity (Wildman–Crippen MR) is 65.2 cm³/mol. The van der Waals surface area contributed by atoms with E-state index in [1.54, 1.807) is 0 Å². The largest absolute Gasteiger partial charge is 0.396 e. The van der Waals surface area contributed by atoms with Gasteiger partial charge in [-0.15, -0.1) is 0 Å². The van der Waals surface area contributed by atoms with Crippen molar-refractivity contribution in [1.82, 2.24) is 10.2 Å². The van der Waals surface area contributed by atoms with Crippen LogP contribution in [0, 0.1) is 11.6 Å². The fourth-order valence-electron chi connectivity index (χ4n) is 2.42. The number of aliphatic hydroxyl groups is 1. The molecule has 0 amide bonds. The highest BCUT2D eigenvalue weighted by Crippen LogP contribution is 2.27. The van der Waals surface area contributed by atoms with Crippen LogP contribution in [0.1, 0.15) is 18.0 Å². The van der Waals surface area contributed by atoms with Crippen LogP contribution in [0.2, 0.25) is 0 Å². The van der Waals surface area contributed by atoms with Gasteiger partial charge in [-0.25, -0.2) is 8.78 Å². The summed E-state index contributed by atoms with van der Waals surface area (Å²) in [5.41, 5.74) is 0.465. The molecule has 1 heterocycles. The van der Waals surface area contributed by atoms with Gasteiger partial charge >= 0.3 is 0 Å². The predicted octanol–water partition coefficient (Wildman–Crippen LogP) is 1.29. The maximum Gasteiger partial charge on any atom is 0.130 e. The van der Waals surface area contributed by atoms with Crippen molar-refractivity contribution in [2.75, 3.05) is 32.8 Å². The first-order valence-corrected chi connectivity index (χ1v) is 6.23. The molecule has 0 bridgehead atoms. The van der Waals surface area contributed by atoms with Gasteiger partial charge in [0.15, 0.2) is 0 Å². The molecule has 0 aromatic heterocycles. The first-order valence-electron chi connectivity index (χ1n) is 6.23. The van der Waals surface area contributed by atoms with Crippen LogP contribution in [0.15, 0.2) is 18.2 Å². The van der Waals surface area contributed by atoms with E-state index in [4.69, 9.17) is 5.11 Å². The van der Waals surface area contributed by atoms with E-state index in [1.165, 1.54) is 12.1 Å². The van der Waals surface area contributed by atoms with Crippen LogP contribution in [0.25, 0.3) is 0 Å². The Morgan fingerprint density at radius 1 is 1.28 bits per heavy atom. The second-order valence-corrected chi connectivity index (χ2v) is 4.48. The Labute approximate surface area is 105 Å². The molecule has 0 unspecified atom stereocenters. The maximum atomic E-state index is 13.8. The van der Waals surface area contributed by atoms with Crippen LogP contribution in [0.3, 0.4) is 0 Å². The zero-order valence-electron chi connectivity index (χ0n) is 10.2. The van der Waals surface area contributed by atoms with E-state index in [0.29, 0.717) is 12.0 Å². The molecule has 0 spiro atoms. The lowest BCUT2D eigenvalue weighted by molar-refractivity contribution is 0.138. The van der Waals surface area contributed by atoms with Crippen molar-refractivity contribution in [3.05, 3.63) is 35.4 Å². The number of benzene rings is 1. The normalized spacial score (nSPS) is 18.8. The number of piperazine rings is 1. The molecule has 0 saturated carbocycles. The van der Waals surface area contributed by atoms with Gasteiger partial charge < -0.3 is 10.4 Å². The molecule has 3 nitrogen and oxygen atoms in total. The van der Waals surface area contributed by atoms with E-state index in [2.05, 4.69) is 10.2 Å². The fraction of sp³-hybridized carbons (Fsp3) is 0.538. The summed E-state index contributed by atoms with van der Waals surface area (Å²) < 4.78 is 26.7. The van der Waals surface area contributed by atoms with Crippen LogP contribution < -0.4 is 5.32 Å². The summed E-state index contributed by atoms with van der Waals surface area (Å²) in [5.74, 6) is -1.11. The van der Waals surface area contributed by atoms with Crippen molar-refractivity contribution in [2.45, 2.75) is 12.5 Å². The topological polar surface area (TPSA) is 35.5 Å². The first kappa shape index (κ1) is 13.4. The van der Waals surface area contributed by atoms with Gasteiger partial charge in [-0.05, 0) is 12.5 Å². The van der Waals surface area contributed by atoms with Crippen molar-refractivity contribution in [2.24, 2.45) is 0 Å². The fourth-order valence-corrected chi connectivity index (χ4v) is 2.42. The Morgan fingerprint density at radius 2 is 2.00 bits per heavy atom. The second kappa shape index (κ2) is 6.22. The van der Waals surface area contributed by atoms with Gasteiger partial charge in [0.2, 0.25) is 0 Å². The standard InChI is InChI=1S/C13H18F2N2O/c14-10-1-2-11(12(15)9-10)13(3-8-18)17-6-4-16-5-7-17/h1-2,9,13,16,18H,3-8H2/t13-/m0/s1. The second-order valence-electron chi connectivity index (χ2n) is 4.48. The quantitative estimate of drug-likeness (QED) is 0.852. The van der Waals surface area contributed by atoms with E-state index in [1.807, 2.05) is 0 Å². The molecular formula is C13H18F2N2O.